The van der Waals surface area contributed by atoms with Crippen molar-refractivity contribution < 1.29 is 15.0 Å². The van der Waals surface area contributed by atoms with Crippen LogP contribution in [0.3, 0.4) is 0 Å². The zero-order valence-corrected chi connectivity index (χ0v) is 10.4. The first-order valence-corrected chi connectivity index (χ1v) is 5.78. The normalized spacial score (nSPS) is 23.2. The highest BCUT2D eigenvalue weighted by atomic mass is 16.3. The highest BCUT2D eigenvalue weighted by Gasteiger charge is 2.32. The molecule has 2 atom stereocenters. The molecule has 6 heteroatoms. The zero-order chi connectivity index (χ0) is 13.3. The van der Waals surface area contributed by atoms with Crippen molar-refractivity contribution in [2.75, 3.05) is 32.1 Å². The first-order valence-electron chi connectivity index (χ1n) is 5.78. The molecule has 1 saturated heterocycles. The molecule has 98 valence electrons. The topological polar surface area (TPSA) is 76.9 Å². The third kappa shape index (κ3) is 2.44. The highest BCUT2D eigenvalue weighted by Crippen LogP contribution is 2.15. The number of β-amino-alcohol motifs (C(OH)–C–C–N with tert-alkyl or cyclic N) is 2. The lowest BCUT2D eigenvalue weighted by molar-refractivity contribution is 0.0572. The zero-order valence-electron chi connectivity index (χ0n) is 10.4. The van der Waals surface area contributed by atoms with Crippen LogP contribution in [0.1, 0.15) is 10.4 Å². The van der Waals surface area contributed by atoms with Gasteiger partial charge in [-0.3, -0.25) is 4.79 Å². The maximum absolute atomic E-state index is 12.1. The van der Waals surface area contributed by atoms with Crippen LogP contribution in [0.2, 0.25) is 0 Å². The van der Waals surface area contributed by atoms with Gasteiger partial charge in [0.2, 0.25) is 0 Å². The van der Waals surface area contributed by atoms with Crippen molar-refractivity contribution in [2.24, 2.45) is 0 Å². The van der Waals surface area contributed by atoms with Crippen molar-refractivity contribution in [1.29, 1.82) is 0 Å². The Kier molecular flexibility index (Phi) is 3.49. The van der Waals surface area contributed by atoms with E-state index in [1.54, 1.807) is 12.1 Å². The van der Waals surface area contributed by atoms with Gasteiger partial charge in [0, 0.05) is 33.4 Å². The van der Waals surface area contributed by atoms with E-state index in [-0.39, 0.29) is 19.0 Å². The van der Waals surface area contributed by atoms with Gasteiger partial charge in [0.05, 0.1) is 17.8 Å². The van der Waals surface area contributed by atoms with Crippen molar-refractivity contribution in [3.8, 4) is 0 Å². The minimum absolute atomic E-state index is 0.162. The summed E-state index contributed by atoms with van der Waals surface area (Å²) < 4.78 is 0. The van der Waals surface area contributed by atoms with E-state index in [9.17, 15) is 15.0 Å². The fourth-order valence-electron chi connectivity index (χ4n) is 1.89. The van der Waals surface area contributed by atoms with E-state index >= 15 is 0 Å². The Hall–Kier alpha value is -1.66. The Morgan fingerprint density at radius 2 is 1.94 bits per heavy atom. The van der Waals surface area contributed by atoms with Crippen LogP contribution in [0.25, 0.3) is 0 Å². The van der Waals surface area contributed by atoms with Crippen molar-refractivity contribution in [3.05, 3.63) is 23.9 Å². The summed E-state index contributed by atoms with van der Waals surface area (Å²) in [6.45, 7) is 0.324. The number of hydrogen-bond donors (Lipinski definition) is 2. The first kappa shape index (κ1) is 12.8. The summed E-state index contributed by atoms with van der Waals surface area (Å²) in [7, 11) is 3.74. The summed E-state index contributed by atoms with van der Waals surface area (Å²) in [6, 6.07) is 3.46. The number of amides is 1. The monoisotopic (exact) mass is 251 g/mol. The van der Waals surface area contributed by atoms with Crippen molar-refractivity contribution in [2.45, 2.75) is 12.2 Å². The fourth-order valence-corrected chi connectivity index (χ4v) is 1.89. The molecule has 18 heavy (non-hydrogen) atoms. The molecule has 2 N–H and O–H groups in total. The Bertz CT molecular complexity index is 423. The molecule has 0 aliphatic carbocycles. The number of hydrogen-bond acceptors (Lipinski definition) is 5. The van der Waals surface area contributed by atoms with Crippen LogP contribution < -0.4 is 4.90 Å². The molecule has 0 spiro atoms. The average Bonchev–Trinajstić information content (AvgIpc) is 2.69. The van der Waals surface area contributed by atoms with Crippen molar-refractivity contribution >= 4 is 11.7 Å². The van der Waals surface area contributed by atoms with Gasteiger partial charge in [-0.1, -0.05) is 0 Å². The van der Waals surface area contributed by atoms with Gasteiger partial charge in [-0.25, -0.2) is 4.98 Å². The van der Waals surface area contributed by atoms with Crippen molar-refractivity contribution in [3.63, 3.8) is 0 Å². The molecule has 6 nitrogen and oxygen atoms in total. The van der Waals surface area contributed by atoms with E-state index in [1.807, 2.05) is 19.0 Å². The third-order valence-electron chi connectivity index (χ3n) is 3.00. The second kappa shape index (κ2) is 4.91. The average molecular weight is 251 g/mol. The number of rotatable bonds is 2. The number of anilines is 1. The lowest BCUT2D eigenvalue weighted by atomic mass is 10.2. The lowest BCUT2D eigenvalue weighted by Gasteiger charge is -2.16. The van der Waals surface area contributed by atoms with Gasteiger partial charge in [-0.05, 0) is 12.1 Å². The van der Waals surface area contributed by atoms with Gasteiger partial charge in [0.15, 0.2) is 0 Å². The molecule has 0 saturated carbocycles. The number of carbonyl (C=O) groups excluding carboxylic acids is 1. The second-order valence-corrected chi connectivity index (χ2v) is 4.64. The van der Waals surface area contributed by atoms with E-state index < -0.39 is 12.2 Å². The van der Waals surface area contributed by atoms with Gasteiger partial charge in [-0.2, -0.15) is 0 Å². The molecule has 2 heterocycles. The number of aliphatic hydroxyl groups excluding tert-OH is 2. The molecule has 1 aliphatic heterocycles. The molecule has 1 amide bonds. The van der Waals surface area contributed by atoms with E-state index in [0.717, 1.165) is 5.82 Å². The number of carbonyl (C=O) groups is 1. The number of pyridine rings is 1. The molecule has 1 aliphatic rings. The van der Waals surface area contributed by atoms with E-state index in [0.29, 0.717) is 5.56 Å². The summed E-state index contributed by atoms with van der Waals surface area (Å²) >= 11 is 0. The van der Waals surface area contributed by atoms with Gasteiger partial charge in [0.1, 0.15) is 5.82 Å². The minimum Gasteiger partial charge on any atom is -0.388 e. The molecule has 1 aromatic rings. The predicted octanol–water partition coefficient (Wildman–Crippen LogP) is -0.675. The van der Waals surface area contributed by atoms with Crippen LogP contribution in [0, 0.1) is 0 Å². The Morgan fingerprint density at radius 1 is 1.33 bits per heavy atom. The number of likely N-dealkylation sites (tertiary alicyclic amines) is 1. The van der Waals surface area contributed by atoms with Crippen LogP contribution >= 0.6 is 0 Å². The Labute approximate surface area is 105 Å². The summed E-state index contributed by atoms with van der Waals surface area (Å²) in [6.07, 6.45) is -0.208. The van der Waals surface area contributed by atoms with Crippen LogP contribution in [0.4, 0.5) is 5.82 Å². The van der Waals surface area contributed by atoms with Crippen LogP contribution in [-0.4, -0.2) is 65.4 Å². The summed E-state index contributed by atoms with van der Waals surface area (Å²) in [5.74, 6) is 0.552. The standard InChI is InChI=1S/C12H17N3O3/c1-14(2)11-4-3-8(5-13-11)12(18)15-6-9(16)10(17)7-15/h3-5,9-10,16-17H,6-7H2,1-2H3/t9-,10+. The summed E-state index contributed by atoms with van der Waals surface area (Å²) in [5, 5.41) is 18.8. The maximum Gasteiger partial charge on any atom is 0.255 e. The quantitative estimate of drug-likeness (QED) is 0.728. The van der Waals surface area contributed by atoms with Gasteiger partial charge in [-0.15, -0.1) is 0 Å². The highest BCUT2D eigenvalue weighted by molar-refractivity contribution is 5.94. The third-order valence-corrected chi connectivity index (χ3v) is 3.00. The SMILES string of the molecule is CN(C)c1ccc(C(=O)N2C[C@@H](O)[C@@H](O)C2)cn1. The fraction of sp³-hybridized carbons (Fsp3) is 0.500. The molecule has 1 aromatic heterocycles. The Morgan fingerprint density at radius 3 is 2.39 bits per heavy atom. The first-order chi connectivity index (χ1) is 8.49. The minimum atomic E-state index is -0.858. The molecular weight excluding hydrogens is 234 g/mol. The van der Waals surface area contributed by atoms with Crippen LogP contribution in [-0.2, 0) is 0 Å². The van der Waals surface area contributed by atoms with Gasteiger partial charge >= 0.3 is 0 Å². The largest absolute Gasteiger partial charge is 0.388 e. The molecular formula is C12H17N3O3. The molecule has 2 rings (SSSR count). The molecule has 0 aromatic carbocycles. The summed E-state index contributed by atoms with van der Waals surface area (Å²) in [5.41, 5.74) is 0.460. The summed E-state index contributed by atoms with van der Waals surface area (Å²) in [4.78, 5) is 19.5. The van der Waals surface area contributed by atoms with Gasteiger partial charge in [0.25, 0.3) is 5.91 Å². The van der Waals surface area contributed by atoms with E-state index in [1.165, 1.54) is 11.1 Å². The Balaban J connectivity index is 2.10. The maximum atomic E-state index is 12.1. The van der Waals surface area contributed by atoms with E-state index in [2.05, 4.69) is 4.98 Å². The molecule has 0 bridgehead atoms. The van der Waals surface area contributed by atoms with Crippen LogP contribution in [0.5, 0.6) is 0 Å². The predicted molar refractivity (Wildman–Crippen MR) is 66.5 cm³/mol. The van der Waals surface area contributed by atoms with E-state index in [4.69, 9.17) is 0 Å². The van der Waals surface area contributed by atoms with Crippen LogP contribution in [0.15, 0.2) is 18.3 Å². The molecule has 0 radical (unpaired) electrons. The smallest absolute Gasteiger partial charge is 0.255 e. The van der Waals surface area contributed by atoms with Gasteiger partial charge < -0.3 is 20.0 Å². The number of nitrogens with zero attached hydrogens (tertiary/aromatic N) is 3. The molecule has 1 fully saturated rings. The van der Waals surface area contributed by atoms with Crippen molar-refractivity contribution in [1.82, 2.24) is 9.88 Å². The number of aromatic nitrogens is 1. The molecule has 0 unspecified atom stereocenters. The second-order valence-electron chi connectivity index (χ2n) is 4.64. The lowest BCUT2D eigenvalue weighted by Crippen LogP contribution is -2.30. The number of aliphatic hydroxyl groups is 2.